The van der Waals surface area contributed by atoms with Crippen LogP contribution in [0, 0.1) is 0 Å². The molecule has 2 heterocycles. The molecule has 0 fully saturated rings. The van der Waals surface area contributed by atoms with Gasteiger partial charge >= 0.3 is 0 Å². The van der Waals surface area contributed by atoms with Crippen molar-refractivity contribution < 1.29 is 9.26 Å². The summed E-state index contributed by atoms with van der Waals surface area (Å²) in [7, 11) is 1.60. The van der Waals surface area contributed by atoms with E-state index in [1.54, 1.807) is 25.3 Å². The van der Waals surface area contributed by atoms with Crippen molar-refractivity contribution >= 4 is 34.3 Å². The molecule has 2 aromatic heterocycles. The number of para-hydroxylation sites is 2. The average molecular weight is 477 g/mol. The molecule has 0 aliphatic carbocycles. The second-order valence-electron chi connectivity index (χ2n) is 7.04. The molecule has 5 aromatic rings. The highest BCUT2D eigenvalue weighted by Crippen LogP contribution is 2.28. The van der Waals surface area contributed by atoms with Gasteiger partial charge in [-0.2, -0.15) is 4.98 Å². The van der Waals surface area contributed by atoms with E-state index in [1.165, 1.54) is 16.3 Å². The fraction of sp³-hybridized carbons (Fsp3) is 0.0833. The van der Waals surface area contributed by atoms with Gasteiger partial charge in [0.1, 0.15) is 5.75 Å². The van der Waals surface area contributed by atoms with Gasteiger partial charge in [0.15, 0.2) is 5.16 Å². The normalized spacial score (nSPS) is 11.1. The molecule has 164 valence electrons. The summed E-state index contributed by atoms with van der Waals surface area (Å²) in [5.74, 6) is 1.90. The van der Waals surface area contributed by atoms with Gasteiger partial charge in [0, 0.05) is 5.56 Å². The molecule has 9 heteroatoms. The van der Waals surface area contributed by atoms with Gasteiger partial charge in [0.2, 0.25) is 11.7 Å². The zero-order valence-corrected chi connectivity index (χ0v) is 19.0. The van der Waals surface area contributed by atoms with Crippen LogP contribution in [0.2, 0.25) is 5.02 Å². The maximum atomic E-state index is 13.4. The third kappa shape index (κ3) is 4.22. The number of benzene rings is 3. The van der Waals surface area contributed by atoms with Crippen molar-refractivity contribution in [2.45, 2.75) is 10.9 Å². The number of methoxy groups -OCH3 is 1. The number of thioether (sulfide) groups is 1. The summed E-state index contributed by atoms with van der Waals surface area (Å²) in [5, 5.41) is 5.52. The van der Waals surface area contributed by atoms with Gasteiger partial charge in [-0.25, -0.2) is 4.98 Å². The lowest BCUT2D eigenvalue weighted by Gasteiger charge is -2.13. The van der Waals surface area contributed by atoms with Gasteiger partial charge in [-0.1, -0.05) is 64.9 Å². The third-order valence-electron chi connectivity index (χ3n) is 4.96. The van der Waals surface area contributed by atoms with Crippen LogP contribution in [0.5, 0.6) is 5.75 Å². The molecule has 0 N–H and O–H groups in total. The lowest BCUT2D eigenvalue weighted by Crippen LogP contribution is -2.22. The summed E-state index contributed by atoms with van der Waals surface area (Å²) in [6.07, 6.45) is 0. The van der Waals surface area contributed by atoms with E-state index < -0.39 is 0 Å². The molecule has 0 saturated carbocycles. The van der Waals surface area contributed by atoms with E-state index in [9.17, 15) is 4.79 Å². The monoisotopic (exact) mass is 476 g/mol. The van der Waals surface area contributed by atoms with Gasteiger partial charge in [0.25, 0.3) is 5.56 Å². The summed E-state index contributed by atoms with van der Waals surface area (Å²) in [4.78, 5) is 22.5. The van der Waals surface area contributed by atoms with Crippen molar-refractivity contribution in [2.75, 3.05) is 7.11 Å². The molecular weight excluding hydrogens is 460 g/mol. The summed E-state index contributed by atoms with van der Waals surface area (Å²) in [6, 6.07) is 21.8. The van der Waals surface area contributed by atoms with Crippen molar-refractivity contribution in [1.29, 1.82) is 0 Å². The number of halogens is 1. The van der Waals surface area contributed by atoms with E-state index in [1.807, 2.05) is 54.6 Å². The first-order valence-electron chi connectivity index (χ1n) is 10.0. The summed E-state index contributed by atoms with van der Waals surface area (Å²) in [6.45, 7) is 0. The Balaban J connectivity index is 1.51. The highest BCUT2D eigenvalue weighted by molar-refractivity contribution is 7.98. The fourth-order valence-electron chi connectivity index (χ4n) is 3.37. The Morgan fingerprint density at radius 2 is 1.85 bits per heavy atom. The van der Waals surface area contributed by atoms with Gasteiger partial charge in [0.05, 0.1) is 34.5 Å². The Morgan fingerprint density at radius 3 is 2.70 bits per heavy atom. The Bertz CT molecular complexity index is 1520. The van der Waals surface area contributed by atoms with Crippen LogP contribution < -0.4 is 10.3 Å². The van der Waals surface area contributed by atoms with E-state index in [0.29, 0.717) is 50.0 Å². The quantitative estimate of drug-likeness (QED) is 0.240. The molecule has 3 aromatic carbocycles. The Kier molecular flexibility index (Phi) is 5.85. The van der Waals surface area contributed by atoms with Crippen molar-refractivity contribution in [3.05, 3.63) is 94.1 Å². The molecule has 33 heavy (non-hydrogen) atoms. The van der Waals surface area contributed by atoms with E-state index in [-0.39, 0.29) is 5.56 Å². The zero-order valence-electron chi connectivity index (χ0n) is 17.4. The van der Waals surface area contributed by atoms with Crippen LogP contribution in [-0.4, -0.2) is 26.8 Å². The van der Waals surface area contributed by atoms with Gasteiger partial charge in [-0.3, -0.25) is 9.36 Å². The molecule has 0 unspecified atom stereocenters. The second-order valence-corrected chi connectivity index (χ2v) is 8.39. The van der Waals surface area contributed by atoms with Gasteiger partial charge in [-0.05, 0) is 36.4 Å². The third-order valence-corrected chi connectivity index (χ3v) is 6.20. The number of aromatic nitrogens is 4. The Labute approximate surface area is 198 Å². The molecule has 0 radical (unpaired) electrons. The molecule has 0 spiro atoms. The van der Waals surface area contributed by atoms with Gasteiger partial charge in [-0.15, -0.1) is 0 Å². The second kappa shape index (κ2) is 9.09. The van der Waals surface area contributed by atoms with Crippen molar-refractivity contribution in [3.8, 4) is 22.8 Å². The van der Waals surface area contributed by atoms with Crippen LogP contribution in [0.4, 0.5) is 0 Å². The largest absolute Gasteiger partial charge is 0.497 e. The number of fused-ring (bicyclic) bond motifs is 1. The maximum Gasteiger partial charge on any atom is 0.266 e. The first kappa shape index (κ1) is 21.2. The predicted octanol–water partition coefficient (Wildman–Crippen LogP) is 5.39. The summed E-state index contributed by atoms with van der Waals surface area (Å²) in [5.41, 5.74) is 1.76. The molecule has 0 aliphatic heterocycles. The zero-order chi connectivity index (χ0) is 22.8. The van der Waals surface area contributed by atoms with Crippen LogP contribution in [-0.2, 0) is 5.75 Å². The Morgan fingerprint density at radius 1 is 1.03 bits per heavy atom. The lowest BCUT2D eigenvalue weighted by atomic mass is 10.2. The van der Waals surface area contributed by atoms with E-state index >= 15 is 0 Å². The number of ether oxygens (including phenoxy) is 1. The number of nitrogens with zero attached hydrogens (tertiary/aromatic N) is 4. The van der Waals surface area contributed by atoms with Crippen molar-refractivity contribution in [3.63, 3.8) is 0 Å². The van der Waals surface area contributed by atoms with E-state index in [4.69, 9.17) is 25.8 Å². The fourth-order valence-corrected chi connectivity index (χ4v) is 4.44. The Hall–Kier alpha value is -3.62. The first-order chi connectivity index (χ1) is 16.1. The number of hydrogen-bond acceptors (Lipinski definition) is 7. The predicted molar refractivity (Wildman–Crippen MR) is 128 cm³/mol. The smallest absolute Gasteiger partial charge is 0.266 e. The van der Waals surface area contributed by atoms with Crippen LogP contribution in [0.3, 0.4) is 0 Å². The summed E-state index contributed by atoms with van der Waals surface area (Å²) >= 11 is 7.74. The average Bonchev–Trinajstić information content (AvgIpc) is 3.33. The molecular formula is C24H17ClN4O3S. The van der Waals surface area contributed by atoms with Gasteiger partial charge < -0.3 is 9.26 Å². The molecule has 0 atom stereocenters. The van der Waals surface area contributed by atoms with E-state index in [2.05, 4.69) is 10.1 Å². The van der Waals surface area contributed by atoms with Crippen LogP contribution in [0.1, 0.15) is 5.89 Å². The minimum atomic E-state index is -0.196. The standard InChI is InChI=1S/C24H17ClN4O3S/c1-31-16-8-6-7-15(13-16)22-27-21(32-28-22)14-33-24-26-19-11-4-2-9-17(19)23(30)29(24)20-12-5-3-10-18(20)25/h2-13H,14H2,1H3. The molecule has 0 aliphatic rings. The van der Waals surface area contributed by atoms with Crippen LogP contribution >= 0.6 is 23.4 Å². The highest BCUT2D eigenvalue weighted by Gasteiger charge is 2.17. The molecule has 0 saturated heterocycles. The van der Waals surface area contributed by atoms with E-state index in [0.717, 1.165) is 5.56 Å². The molecule has 5 rings (SSSR count). The van der Waals surface area contributed by atoms with Crippen LogP contribution in [0.15, 0.2) is 87.3 Å². The minimum Gasteiger partial charge on any atom is -0.497 e. The number of hydrogen-bond donors (Lipinski definition) is 0. The van der Waals surface area contributed by atoms with Crippen molar-refractivity contribution in [1.82, 2.24) is 19.7 Å². The molecule has 0 amide bonds. The highest BCUT2D eigenvalue weighted by atomic mass is 35.5. The summed E-state index contributed by atoms with van der Waals surface area (Å²) < 4.78 is 12.2. The minimum absolute atomic E-state index is 0.196. The number of rotatable bonds is 6. The van der Waals surface area contributed by atoms with Crippen LogP contribution in [0.25, 0.3) is 28.0 Å². The first-order valence-corrected chi connectivity index (χ1v) is 11.4. The molecule has 7 nitrogen and oxygen atoms in total. The lowest BCUT2D eigenvalue weighted by molar-refractivity contribution is 0.391. The SMILES string of the molecule is COc1cccc(-c2noc(CSc3nc4ccccc4c(=O)n3-c3ccccc3Cl)n2)c1. The molecule has 0 bridgehead atoms. The van der Waals surface area contributed by atoms with Crippen molar-refractivity contribution in [2.24, 2.45) is 0 Å². The topological polar surface area (TPSA) is 83.0 Å². The maximum absolute atomic E-state index is 13.4.